The van der Waals surface area contributed by atoms with Crippen LogP contribution in [0.4, 0.5) is 0 Å². The molecule has 0 fully saturated rings. The van der Waals surface area contributed by atoms with Crippen LogP contribution >= 0.6 is 0 Å². The molecule has 0 unspecified atom stereocenters. The van der Waals surface area contributed by atoms with Crippen LogP contribution in [0.15, 0.2) is 189 Å². The summed E-state index contributed by atoms with van der Waals surface area (Å²) in [7, 11) is 0. The van der Waals surface area contributed by atoms with E-state index < -0.39 is 29.8 Å². The molecule has 12 aromatic rings. The zero-order valence-electron chi connectivity index (χ0n) is 46.8. The molecule has 0 bridgehead atoms. The molecule has 0 aliphatic heterocycles. The van der Waals surface area contributed by atoms with Crippen molar-refractivity contribution in [2.75, 3.05) is 0 Å². The summed E-state index contributed by atoms with van der Waals surface area (Å²) < 4.78 is 0. The maximum Gasteiger partial charge on any atom is 1.00 e. The number of carbonyl (C=O) groups is 5. The molecule has 6 aromatic heterocycles. The van der Waals surface area contributed by atoms with Crippen LogP contribution in [-0.2, 0) is 34.1 Å². The van der Waals surface area contributed by atoms with Gasteiger partial charge in [0.05, 0.1) is 97.1 Å². The quantitative estimate of drug-likeness (QED) is 0.0957. The van der Waals surface area contributed by atoms with Gasteiger partial charge in [0.25, 0.3) is 0 Å². The Balaban J connectivity index is 0.000000420. The van der Waals surface area contributed by atoms with Gasteiger partial charge in [0.1, 0.15) is 0 Å². The number of hydrogen-bond acceptors (Lipinski definition) is 17. The molecule has 0 saturated carbocycles. The van der Waals surface area contributed by atoms with Gasteiger partial charge in [-0.1, -0.05) is 109 Å². The topological polar surface area (TPSA) is 301 Å². The van der Waals surface area contributed by atoms with E-state index in [9.17, 15) is 54.6 Å². The fourth-order valence-corrected chi connectivity index (χ4v) is 8.91. The Morgan fingerprint density at radius 2 is 0.395 bits per heavy atom. The minimum Gasteiger partial charge on any atom is -0.872 e. The summed E-state index contributed by atoms with van der Waals surface area (Å²) in [5.41, 5.74) is 5.01. The molecule has 0 spiro atoms. The fourth-order valence-electron chi connectivity index (χ4n) is 8.91. The third kappa shape index (κ3) is 17.1. The maximum absolute atomic E-state index is 12.0. The van der Waals surface area contributed by atoms with Crippen molar-refractivity contribution in [1.29, 1.82) is 0 Å². The molecule has 86 heavy (non-hydrogen) atoms. The number of rotatable bonds is 9. The van der Waals surface area contributed by atoms with Gasteiger partial charge in [0.15, 0.2) is 0 Å². The molecule has 25 heteroatoms. The summed E-state index contributed by atoms with van der Waals surface area (Å²) in [5.74, 6) is -7.00. The molecule has 0 aliphatic carbocycles. The van der Waals surface area contributed by atoms with E-state index in [0.29, 0.717) is 82.4 Å². The van der Waals surface area contributed by atoms with Crippen LogP contribution in [0.1, 0.15) is 57.4 Å². The zero-order valence-corrected chi connectivity index (χ0v) is 60.7. The number of carboxylic acid groups (broad SMARTS) is 5. The Hall–Kier alpha value is -4.29. The van der Waals surface area contributed by atoms with E-state index in [1.165, 1.54) is 30.3 Å². The van der Waals surface area contributed by atoms with Gasteiger partial charge in [-0.05, 0) is 78.4 Å². The monoisotopic (exact) mass is 1290 g/mol. The predicted molar refractivity (Wildman–Crippen MR) is 278 cm³/mol. The van der Waals surface area contributed by atoms with E-state index in [-0.39, 0.29) is 268 Å². The van der Waals surface area contributed by atoms with Crippen molar-refractivity contribution < 1.29 is 266 Å². The molecular formula is C61H32Cu2N6Na6O11+2. The largest absolute Gasteiger partial charge is 1.00 e. The van der Waals surface area contributed by atoms with Crippen molar-refractivity contribution in [2.45, 2.75) is 0 Å². The number of nitrogens with zero attached hydrogens (tertiary/aromatic N) is 6. The van der Waals surface area contributed by atoms with Gasteiger partial charge in [-0.3, -0.25) is 0 Å². The van der Waals surface area contributed by atoms with Crippen molar-refractivity contribution in [3.8, 4) is 34.2 Å². The van der Waals surface area contributed by atoms with Crippen LogP contribution in [0, 0.1) is 0 Å². The number of benzene rings is 6. The number of carbonyl (C=O) groups excluding carboxylic acids is 5. The average molecular weight is 1290 g/mol. The normalized spacial score (nSPS) is 9.91. The molecule has 0 radical (unpaired) electrons. The van der Waals surface area contributed by atoms with Crippen LogP contribution in [-0.4, -0.2) is 59.8 Å². The first kappa shape index (κ1) is 77.8. The Labute approximate surface area is 643 Å². The van der Waals surface area contributed by atoms with Crippen LogP contribution in [0.5, 0.6) is 0 Å². The maximum atomic E-state index is 12.0. The average Bonchev–Trinajstić information content (AvgIpc) is 3.66. The van der Waals surface area contributed by atoms with Crippen LogP contribution < -0.4 is 208 Å². The van der Waals surface area contributed by atoms with Crippen molar-refractivity contribution >= 4 is 101 Å². The molecule has 0 amide bonds. The number of aromatic nitrogens is 6. The van der Waals surface area contributed by atoms with Gasteiger partial charge in [-0.25, -0.2) is 29.9 Å². The second kappa shape index (κ2) is 34.6. The van der Waals surface area contributed by atoms with Crippen LogP contribution in [0.2, 0.25) is 0 Å². The second-order valence-corrected chi connectivity index (χ2v) is 17.3. The number of pyridine rings is 6. The van der Waals surface area contributed by atoms with E-state index >= 15 is 0 Å². The standard InChI is InChI=1S/C21H14N2O3.2C20H12N2O4.2Cu.6Na/c1-12(24)15-10-19(22-17-8-4-2-6-13(15)17)20-11-16(21(25)26)14-7-3-5-9-18(14)23-20;2*23-19(24)13-9-17(21-15-7-3-1-5-11(13)15)18-10-14(20(25)26)12-6-2-4-8-16(12)22-18;;;;;;;;/h2-11,24H,1H2,(H,25,26);2*1-10H,(H,23,24)(H,25,26);;;;;;;;/q;;;8*+1/p-6. The molecule has 12 rings (SSSR count). The number of carboxylic acids is 5. The molecular weight excluding hydrogens is 1260 g/mol. The number of para-hydroxylation sites is 6. The summed E-state index contributed by atoms with van der Waals surface area (Å²) in [6, 6.07) is 49.5. The molecule has 0 aliphatic rings. The first-order valence-electron chi connectivity index (χ1n) is 23.5. The summed E-state index contributed by atoms with van der Waals surface area (Å²) in [4.78, 5) is 84.4. The molecule has 17 nitrogen and oxygen atoms in total. The van der Waals surface area contributed by atoms with Crippen LogP contribution in [0.25, 0.3) is 105 Å². The molecule has 398 valence electrons. The minimum atomic E-state index is -1.34. The minimum absolute atomic E-state index is 0. The van der Waals surface area contributed by atoms with Gasteiger partial charge in [0.2, 0.25) is 0 Å². The number of aromatic carboxylic acids is 5. The smallest absolute Gasteiger partial charge is 0.872 e. The molecule has 0 saturated heterocycles. The zero-order chi connectivity index (χ0) is 54.8. The van der Waals surface area contributed by atoms with Gasteiger partial charge in [-0.15, -0.1) is 12.3 Å². The Morgan fingerprint density at radius 3 is 0.547 bits per heavy atom. The molecule has 0 atom stereocenters. The van der Waals surface area contributed by atoms with Crippen molar-refractivity contribution in [1.82, 2.24) is 29.9 Å². The first-order valence-corrected chi connectivity index (χ1v) is 23.5. The summed E-state index contributed by atoms with van der Waals surface area (Å²) in [5, 5.41) is 72.6. The van der Waals surface area contributed by atoms with E-state index in [2.05, 4.69) is 36.5 Å². The summed E-state index contributed by atoms with van der Waals surface area (Å²) >= 11 is 0. The Bertz CT molecular complexity index is 3810. The molecule has 6 aromatic carbocycles. The van der Waals surface area contributed by atoms with Gasteiger partial charge in [-0.2, -0.15) is 0 Å². The second-order valence-electron chi connectivity index (χ2n) is 17.3. The molecule has 0 N–H and O–H groups in total. The third-order valence-electron chi connectivity index (χ3n) is 12.5. The van der Waals surface area contributed by atoms with E-state index in [1.807, 2.05) is 12.1 Å². The van der Waals surface area contributed by atoms with Gasteiger partial charge in [0, 0.05) is 60.1 Å². The SMILES string of the molecule is C=C([O-])c1cc(-c2cc(C(=O)[O-])c3ccccc3n2)nc2ccccc12.O=C([O-])c1cc(-c2cc(C(=O)[O-])c3ccccc3n2)nc2ccccc12.O=C([O-])c1cc(-c2cc(C(=O)[O-])c3ccccc3n2)nc2ccccc12.[Cu+].[Cu+].[Na+].[Na+].[Na+].[Na+].[Na+].[Na+]. The fraction of sp³-hybridized carbons (Fsp3) is 0. The van der Waals surface area contributed by atoms with E-state index in [0.717, 1.165) is 0 Å². The number of fused-ring (bicyclic) bond motifs is 6. The first-order chi connectivity index (χ1) is 37.6. The van der Waals surface area contributed by atoms with Gasteiger partial charge >= 0.3 is 211 Å². The van der Waals surface area contributed by atoms with Crippen LogP contribution in [0.3, 0.4) is 0 Å². The van der Waals surface area contributed by atoms with E-state index in [4.69, 9.17) is 0 Å². The molecule has 6 heterocycles. The predicted octanol–water partition coefficient (Wildman–Crippen LogP) is -13.5. The Morgan fingerprint density at radius 1 is 0.256 bits per heavy atom. The summed E-state index contributed by atoms with van der Waals surface area (Å²) in [6.07, 6.45) is 0. The van der Waals surface area contributed by atoms with Crippen molar-refractivity contribution in [3.63, 3.8) is 0 Å². The van der Waals surface area contributed by atoms with Gasteiger partial charge < -0.3 is 54.6 Å². The van der Waals surface area contributed by atoms with E-state index in [1.54, 1.807) is 140 Å². The number of hydrogen-bond donors (Lipinski definition) is 0. The van der Waals surface area contributed by atoms with Crippen molar-refractivity contribution in [2.24, 2.45) is 0 Å². The Kier molecular flexibility index (Phi) is 31.3. The third-order valence-corrected chi connectivity index (χ3v) is 12.5. The summed E-state index contributed by atoms with van der Waals surface area (Å²) in [6.45, 7) is 3.50. The van der Waals surface area contributed by atoms with Crippen molar-refractivity contribution in [3.05, 3.63) is 222 Å².